The van der Waals surface area contributed by atoms with E-state index >= 15 is 0 Å². The van der Waals surface area contributed by atoms with Crippen molar-refractivity contribution in [1.29, 1.82) is 0 Å². The summed E-state index contributed by atoms with van der Waals surface area (Å²) in [6.45, 7) is 3.50. The number of ether oxygens (including phenoxy) is 1. The van der Waals surface area contributed by atoms with Gasteiger partial charge in [0.1, 0.15) is 0 Å². The van der Waals surface area contributed by atoms with Crippen molar-refractivity contribution in [2.75, 3.05) is 25.5 Å². The van der Waals surface area contributed by atoms with Crippen molar-refractivity contribution in [3.63, 3.8) is 0 Å². The van der Waals surface area contributed by atoms with Gasteiger partial charge in [-0.25, -0.2) is 0 Å². The molecule has 0 aliphatic carbocycles. The van der Waals surface area contributed by atoms with E-state index in [4.69, 9.17) is 8.92 Å². The SMILES string of the molecule is CC(=O)NCCCS(=O)(=O)OCC1(C)COC(=O)C1. The lowest BCUT2D eigenvalue weighted by Crippen LogP contribution is -2.28. The fourth-order valence-corrected chi connectivity index (χ4v) is 2.68. The lowest BCUT2D eigenvalue weighted by Gasteiger charge is -2.19. The highest BCUT2D eigenvalue weighted by atomic mass is 32.2. The Hall–Kier alpha value is -1.15. The molecule has 1 saturated heterocycles. The van der Waals surface area contributed by atoms with E-state index in [9.17, 15) is 18.0 Å². The molecule has 1 rings (SSSR count). The Kier molecular flexibility index (Phi) is 5.30. The lowest BCUT2D eigenvalue weighted by molar-refractivity contribution is -0.138. The molecule has 0 saturated carbocycles. The predicted octanol–water partition coefficient (Wildman–Crippen LogP) is -0.188. The smallest absolute Gasteiger partial charge is 0.306 e. The van der Waals surface area contributed by atoms with Gasteiger partial charge in [0.25, 0.3) is 10.1 Å². The summed E-state index contributed by atoms with van der Waals surface area (Å²) in [5, 5.41) is 2.51. The predicted molar refractivity (Wildman–Crippen MR) is 66.7 cm³/mol. The average molecular weight is 293 g/mol. The molecule has 110 valence electrons. The first-order valence-electron chi connectivity index (χ1n) is 6.00. The van der Waals surface area contributed by atoms with Crippen molar-refractivity contribution in [1.82, 2.24) is 5.32 Å². The third kappa shape index (κ3) is 6.02. The van der Waals surface area contributed by atoms with E-state index in [0.29, 0.717) is 0 Å². The van der Waals surface area contributed by atoms with Crippen molar-refractivity contribution in [3.8, 4) is 0 Å². The van der Waals surface area contributed by atoms with Crippen molar-refractivity contribution in [2.45, 2.75) is 26.7 Å². The van der Waals surface area contributed by atoms with Gasteiger partial charge in [-0.2, -0.15) is 8.42 Å². The van der Waals surface area contributed by atoms with Crippen LogP contribution < -0.4 is 5.32 Å². The summed E-state index contributed by atoms with van der Waals surface area (Å²) in [6, 6.07) is 0. The number of hydrogen-bond donors (Lipinski definition) is 1. The molecule has 0 radical (unpaired) electrons. The van der Waals surface area contributed by atoms with Crippen LogP contribution in [0.4, 0.5) is 0 Å². The van der Waals surface area contributed by atoms with Crippen LogP contribution in [0, 0.1) is 5.41 Å². The number of carbonyl (C=O) groups is 2. The van der Waals surface area contributed by atoms with Crippen molar-refractivity contribution in [2.24, 2.45) is 5.41 Å². The third-order valence-electron chi connectivity index (χ3n) is 2.68. The Morgan fingerprint density at radius 3 is 2.74 bits per heavy atom. The Morgan fingerprint density at radius 1 is 1.53 bits per heavy atom. The number of rotatable bonds is 7. The molecule has 0 aromatic rings. The van der Waals surface area contributed by atoms with E-state index in [1.807, 2.05) is 0 Å². The Labute approximate surface area is 112 Å². The summed E-state index contributed by atoms with van der Waals surface area (Å²) in [5.74, 6) is -0.709. The minimum absolute atomic E-state index is 0.0682. The molecular weight excluding hydrogens is 274 g/mol. The largest absolute Gasteiger partial charge is 0.465 e. The maximum Gasteiger partial charge on any atom is 0.306 e. The van der Waals surface area contributed by atoms with Crippen LogP contribution in [0.5, 0.6) is 0 Å². The van der Waals surface area contributed by atoms with Crippen molar-refractivity contribution >= 4 is 22.0 Å². The number of amides is 1. The minimum Gasteiger partial charge on any atom is -0.465 e. The second-order valence-corrected chi connectivity index (χ2v) is 6.77. The number of carbonyl (C=O) groups excluding carboxylic acids is 2. The molecule has 1 fully saturated rings. The Bertz CT molecular complexity index is 446. The van der Waals surface area contributed by atoms with Crippen LogP contribution in [0.1, 0.15) is 26.7 Å². The standard InChI is InChI=1S/C11H19NO6S/c1-9(13)12-4-3-5-19(15,16)18-8-11(2)6-10(14)17-7-11/h3-8H2,1-2H3,(H,12,13). The summed E-state index contributed by atoms with van der Waals surface area (Å²) in [6.07, 6.45) is 0.447. The quantitative estimate of drug-likeness (QED) is 0.397. The van der Waals surface area contributed by atoms with E-state index in [0.717, 1.165) is 0 Å². The molecule has 0 aromatic carbocycles. The highest BCUT2D eigenvalue weighted by molar-refractivity contribution is 7.86. The molecule has 1 unspecified atom stereocenters. The van der Waals surface area contributed by atoms with Crippen molar-refractivity contribution < 1.29 is 26.9 Å². The van der Waals surface area contributed by atoms with Gasteiger partial charge in [-0.15, -0.1) is 0 Å². The normalized spacial score (nSPS) is 23.2. The van der Waals surface area contributed by atoms with Crippen LogP contribution in [0.3, 0.4) is 0 Å². The van der Waals surface area contributed by atoms with Gasteiger partial charge < -0.3 is 10.1 Å². The second-order valence-electron chi connectivity index (χ2n) is 5.01. The van der Waals surface area contributed by atoms with Gasteiger partial charge in [0.2, 0.25) is 5.91 Å². The first-order valence-corrected chi connectivity index (χ1v) is 7.57. The maximum atomic E-state index is 11.6. The highest BCUT2D eigenvalue weighted by Crippen LogP contribution is 2.29. The number of nitrogens with one attached hydrogen (secondary N) is 1. The molecular formula is C11H19NO6S. The average Bonchev–Trinajstić information content (AvgIpc) is 2.63. The summed E-state index contributed by atoms with van der Waals surface area (Å²) in [4.78, 5) is 21.6. The van der Waals surface area contributed by atoms with E-state index < -0.39 is 15.5 Å². The zero-order chi connectivity index (χ0) is 14.5. The Balaban J connectivity index is 2.30. The van der Waals surface area contributed by atoms with Crippen LogP contribution >= 0.6 is 0 Å². The first kappa shape index (κ1) is 15.9. The van der Waals surface area contributed by atoms with Gasteiger partial charge in [0, 0.05) is 18.9 Å². The summed E-state index contributed by atoms with van der Waals surface area (Å²) >= 11 is 0. The first-order chi connectivity index (χ1) is 8.72. The van der Waals surface area contributed by atoms with Gasteiger partial charge in [0.05, 0.1) is 25.4 Å². The molecule has 1 aliphatic heterocycles. The molecule has 1 heterocycles. The fraction of sp³-hybridized carbons (Fsp3) is 0.818. The van der Waals surface area contributed by atoms with Gasteiger partial charge in [0.15, 0.2) is 0 Å². The second kappa shape index (κ2) is 6.33. The van der Waals surface area contributed by atoms with Crippen LogP contribution in [-0.2, 0) is 28.6 Å². The summed E-state index contributed by atoms with van der Waals surface area (Å²) in [5.41, 5.74) is -0.582. The minimum atomic E-state index is -3.64. The van der Waals surface area contributed by atoms with E-state index in [2.05, 4.69) is 5.32 Å². The topological polar surface area (TPSA) is 98.8 Å². The molecule has 7 nitrogen and oxygen atoms in total. The van der Waals surface area contributed by atoms with E-state index in [1.165, 1.54) is 6.92 Å². The summed E-state index contributed by atoms with van der Waals surface area (Å²) in [7, 11) is -3.64. The van der Waals surface area contributed by atoms with E-state index in [-0.39, 0.29) is 50.2 Å². The van der Waals surface area contributed by atoms with Gasteiger partial charge in [-0.05, 0) is 6.42 Å². The monoisotopic (exact) mass is 293 g/mol. The van der Waals surface area contributed by atoms with Crippen LogP contribution in [0.15, 0.2) is 0 Å². The molecule has 0 spiro atoms. The zero-order valence-corrected chi connectivity index (χ0v) is 11.9. The molecule has 1 N–H and O–H groups in total. The van der Waals surface area contributed by atoms with Gasteiger partial charge in [-0.1, -0.05) is 6.92 Å². The zero-order valence-electron chi connectivity index (χ0n) is 11.1. The number of cyclic esters (lactones) is 1. The number of hydrogen-bond acceptors (Lipinski definition) is 6. The number of esters is 1. The molecule has 1 amide bonds. The lowest BCUT2D eigenvalue weighted by atomic mass is 9.91. The van der Waals surface area contributed by atoms with Gasteiger partial charge >= 0.3 is 5.97 Å². The third-order valence-corrected chi connectivity index (χ3v) is 3.95. The van der Waals surface area contributed by atoms with E-state index in [1.54, 1.807) is 6.92 Å². The molecule has 1 atom stereocenters. The van der Waals surface area contributed by atoms with Crippen LogP contribution in [-0.4, -0.2) is 45.8 Å². The molecule has 1 aliphatic rings. The van der Waals surface area contributed by atoms with Crippen LogP contribution in [0.2, 0.25) is 0 Å². The Morgan fingerprint density at radius 2 is 2.21 bits per heavy atom. The summed E-state index contributed by atoms with van der Waals surface area (Å²) < 4.78 is 32.9. The molecule has 0 bridgehead atoms. The molecule has 0 aromatic heterocycles. The fourth-order valence-electron chi connectivity index (χ4n) is 1.60. The highest BCUT2D eigenvalue weighted by Gasteiger charge is 2.37. The van der Waals surface area contributed by atoms with Gasteiger partial charge in [-0.3, -0.25) is 13.8 Å². The van der Waals surface area contributed by atoms with Crippen LogP contribution in [0.25, 0.3) is 0 Å². The molecule has 19 heavy (non-hydrogen) atoms. The molecule has 8 heteroatoms. The van der Waals surface area contributed by atoms with Crippen molar-refractivity contribution in [3.05, 3.63) is 0 Å². The maximum absolute atomic E-state index is 11.6.